The number of ether oxygens (including phenoxy) is 1. The highest BCUT2D eigenvalue weighted by Crippen LogP contribution is 2.33. The Morgan fingerprint density at radius 3 is 2.62 bits per heavy atom. The van der Waals surface area contributed by atoms with Gasteiger partial charge in [0.15, 0.2) is 5.82 Å². The largest absolute Gasteiger partial charge is 0.465 e. The summed E-state index contributed by atoms with van der Waals surface area (Å²) < 4.78 is 20.4. The molecule has 1 aromatic heterocycles. The van der Waals surface area contributed by atoms with Crippen molar-refractivity contribution in [2.75, 3.05) is 36.5 Å². The highest BCUT2D eigenvalue weighted by molar-refractivity contribution is 5.90. The molecule has 168 valence electrons. The Morgan fingerprint density at radius 2 is 1.94 bits per heavy atom. The van der Waals surface area contributed by atoms with Crippen molar-refractivity contribution >= 4 is 23.6 Å². The third-order valence-corrected chi connectivity index (χ3v) is 5.72. The number of carbonyl (C=O) groups excluding carboxylic acids is 1. The number of carboxylic acid groups (broad SMARTS) is 1. The lowest BCUT2D eigenvalue weighted by Gasteiger charge is -2.29. The van der Waals surface area contributed by atoms with Gasteiger partial charge in [-0.15, -0.1) is 0 Å². The van der Waals surface area contributed by atoms with Crippen LogP contribution in [0.3, 0.4) is 0 Å². The van der Waals surface area contributed by atoms with Gasteiger partial charge < -0.3 is 25.4 Å². The first-order valence-corrected chi connectivity index (χ1v) is 10.6. The number of urea groups is 1. The molecule has 1 saturated carbocycles. The summed E-state index contributed by atoms with van der Waals surface area (Å²) in [6, 6.07) is 4.19. The van der Waals surface area contributed by atoms with Crippen molar-refractivity contribution in [2.24, 2.45) is 0 Å². The number of nitrogens with zero attached hydrogens (tertiary/aromatic N) is 4. The standard InChI is InChI=1S/C21H23FN6O4/c22-16-9-13(24-20(29)23-12-1-2-12)3-4-14(16)18-25-17-11-28(21(30)31)10-15(17)19(26-18)27-5-7-32-8-6-27/h3-4,9,12H,1-2,5-8,10-11H2,(H,30,31)(H2,23,24,29). The Hall–Kier alpha value is -3.47. The average molecular weight is 442 g/mol. The second-order valence-corrected chi connectivity index (χ2v) is 8.10. The summed E-state index contributed by atoms with van der Waals surface area (Å²) in [6.07, 6.45) is 0.881. The van der Waals surface area contributed by atoms with Crippen LogP contribution in [0.25, 0.3) is 11.4 Å². The summed E-state index contributed by atoms with van der Waals surface area (Å²) in [7, 11) is 0. The van der Waals surface area contributed by atoms with Gasteiger partial charge in [-0.2, -0.15) is 0 Å². The Labute approximate surface area is 183 Å². The van der Waals surface area contributed by atoms with Crippen LogP contribution < -0.4 is 15.5 Å². The summed E-state index contributed by atoms with van der Waals surface area (Å²) in [5.41, 5.74) is 1.83. The lowest BCUT2D eigenvalue weighted by atomic mass is 10.1. The fourth-order valence-electron chi connectivity index (χ4n) is 3.88. The normalized spacial score (nSPS) is 17.8. The van der Waals surface area contributed by atoms with Gasteiger partial charge in [0.2, 0.25) is 0 Å². The summed E-state index contributed by atoms with van der Waals surface area (Å²) in [6.45, 7) is 2.61. The van der Waals surface area contributed by atoms with E-state index in [2.05, 4.69) is 20.6 Å². The number of rotatable bonds is 4. The van der Waals surface area contributed by atoms with Crippen LogP contribution in [0.2, 0.25) is 0 Å². The van der Waals surface area contributed by atoms with E-state index in [9.17, 15) is 14.7 Å². The molecule has 1 aromatic carbocycles. The van der Waals surface area contributed by atoms with Crippen molar-refractivity contribution in [1.82, 2.24) is 20.2 Å². The van der Waals surface area contributed by atoms with E-state index in [0.717, 1.165) is 18.4 Å². The topological polar surface area (TPSA) is 120 Å². The maximum absolute atomic E-state index is 15.0. The number of anilines is 2. The maximum atomic E-state index is 15.0. The van der Waals surface area contributed by atoms with Crippen LogP contribution in [0.4, 0.5) is 25.5 Å². The second-order valence-electron chi connectivity index (χ2n) is 8.10. The van der Waals surface area contributed by atoms with Crippen molar-refractivity contribution < 1.29 is 23.8 Å². The monoisotopic (exact) mass is 442 g/mol. The van der Waals surface area contributed by atoms with Crippen LogP contribution in [0.5, 0.6) is 0 Å². The van der Waals surface area contributed by atoms with E-state index < -0.39 is 11.9 Å². The van der Waals surface area contributed by atoms with E-state index in [0.29, 0.717) is 43.5 Å². The number of hydrogen-bond acceptors (Lipinski definition) is 6. The molecule has 10 nitrogen and oxygen atoms in total. The Morgan fingerprint density at radius 1 is 1.16 bits per heavy atom. The van der Waals surface area contributed by atoms with Crippen molar-refractivity contribution in [3.63, 3.8) is 0 Å². The molecule has 0 atom stereocenters. The van der Waals surface area contributed by atoms with Crippen molar-refractivity contribution in [3.05, 3.63) is 35.3 Å². The molecule has 11 heteroatoms. The quantitative estimate of drug-likeness (QED) is 0.665. The minimum atomic E-state index is -1.04. The van der Waals surface area contributed by atoms with Crippen LogP contribution in [0.1, 0.15) is 24.1 Å². The highest BCUT2D eigenvalue weighted by atomic mass is 19.1. The average Bonchev–Trinajstić information content (AvgIpc) is 3.47. The van der Waals surface area contributed by atoms with E-state index in [1.165, 1.54) is 17.0 Å². The molecule has 0 bridgehead atoms. The summed E-state index contributed by atoms with van der Waals surface area (Å²) in [5, 5.41) is 14.8. The minimum Gasteiger partial charge on any atom is -0.465 e. The molecule has 3 amide bonds. The predicted molar refractivity (Wildman–Crippen MR) is 113 cm³/mol. The van der Waals surface area contributed by atoms with Crippen LogP contribution in [-0.2, 0) is 17.8 Å². The third kappa shape index (κ3) is 4.15. The number of amides is 3. The van der Waals surface area contributed by atoms with E-state index in [4.69, 9.17) is 4.74 Å². The number of hydrogen-bond donors (Lipinski definition) is 3. The van der Waals surface area contributed by atoms with Crippen molar-refractivity contribution in [2.45, 2.75) is 32.0 Å². The van der Waals surface area contributed by atoms with Gasteiger partial charge in [-0.25, -0.2) is 23.9 Å². The molecule has 0 unspecified atom stereocenters. The van der Waals surface area contributed by atoms with Gasteiger partial charge in [0.25, 0.3) is 0 Å². The lowest BCUT2D eigenvalue weighted by Crippen LogP contribution is -2.37. The first-order valence-electron chi connectivity index (χ1n) is 10.6. The van der Waals surface area contributed by atoms with Gasteiger partial charge in [0.05, 0.1) is 37.6 Å². The molecule has 3 aliphatic rings. The number of halogens is 1. The molecule has 0 spiro atoms. The predicted octanol–water partition coefficient (Wildman–Crippen LogP) is 2.40. The Balaban J connectivity index is 1.46. The Kier molecular flexibility index (Phi) is 5.25. The molecule has 1 aliphatic carbocycles. The number of morpholine rings is 1. The fraction of sp³-hybridized carbons (Fsp3) is 0.429. The number of benzene rings is 1. The van der Waals surface area contributed by atoms with Crippen molar-refractivity contribution in [1.29, 1.82) is 0 Å². The lowest BCUT2D eigenvalue weighted by molar-refractivity contribution is 0.122. The van der Waals surface area contributed by atoms with E-state index in [-0.39, 0.29) is 36.6 Å². The van der Waals surface area contributed by atoms with Crippen LogP contribution in [-0.4, -0.2) is 64.4 Å². The van der Waals surface area contributed by atoms with Gasteiger partial charge in [0, 0.05) is 30.4 Å². The van der Waals surface area contributed by atoms with Gasteiger partial charge >= 0.3 is 12.1 Å². The second kappa shape index (κ2) is 8.23. The summed E-state index contributed by atoms with van der Waals surface area (Å²) in [5.74, 6) is 0.224. The van der Waals surface area contributed by atoms with Crippen LogP contribution >= 0.6 is 0 Å². The summed E-state index contributed by atoms with van der Waals surface area (Å²) in [4.78, 5) is 35.8. The molecule has 2 aliphatic heterocycles. The number of nitrogens with one attached hydrogen (secondary N) is 2. The van der Waals surface area contributed by atoms with Gasteiger partial charge in [-0.3, -0.25) is 4.90 Å². The van der Waals surface area contributed by atoms with Gasteiger partial charge in [-0.1, -0.05) is 0 Å². The molecular weight excluding hydrogens is 419 g/mol. The zero-order valence-corrected chi connectivity index (χ0v) is 17.3. The maximum Gasteiger partial charge on any atom is 0.407 e. The summed E-state index contributed by atoms with van der Waals surface area (Å²) >= 11 is 0. The molecule has 0 radical (unpaired) electrons. The zero-order chi connectivity index (χ0) is 22.2. The third-order valence-electron chi connectivity index (χ3n) is 5.72. The number of carbonyl (C=O) groups is 2. The molecule has 3 heterocycles. The molecule has 32 heavy (non-hydrogen) atoms. The molecule has 2 fully saturated rings. The van der Waals surface area contributed by atoms with Gasteiger partial charge in [0.1, 0.15) is 11.6 Å². The van der Waals surface area contributed by atoms with Crippen LogP contribution in [0, 0.1) is 5.82 Å². The van der Waals surface area contributed by atoms with Crippen LogP contribution in [0.15, 0.2) is 18.2 Å². The molecular formula is C21H23FN6O4. The molecule has 1 saturated heterocycles. The molecule has 3 N–H and O–H groups in total. The van der Waals surface area contributed by atoms with E-state index in [1.54, 1.807) is 6.07 Å². The first kappa shape index (κ1) is 20.4. The first-order chi connectivity index (χ1) is 15.5. The number of aromatic nitrogens is 2. The SMILES string of the molecule is O=C(Nc1ccc(-c2nc3c(c(N4CCOCC4)n2)CN(C(=O)O)C3)c(F)c1)NC1CC1. The fourth-order valence-corrected chi connectivity index (χ4v) is 3.88. The smallest absolute Gasteiger partial charge is 0.407 e. The number of fused-ring (bicyclic) bond motifs is 1. The Bertz CT molecular complexity index is 1070. The van der Waals surface area contributed by atoms with E-state index >= 15 is 4.39 Å². The van der Waals surface area contributed by atoms with Crippen molar-refractivity contribution in [3.8, 4) is 11.4 Å². The zero-order valence-electron chi connectivity index (χ0n) is 17.3. The minimum absolute atomic E-state index is 0.125. The van der Waals surface area contributed by atoms with Gasteiger partial charge in [-0.05, 0) is 31.0 Å². The highest BCUT2D eigenvalue weighted by Gasteiger charge is 2.31. The molecule has 5 rings (SSSR count). The molecule has 2 aromatic rings. The van der Waals surface area contributed by atoms with E-state index in [1.807, 2.05) is 4.90 Å².